The molecule has 1 unspecified atom stereocenters. The summed E-state index contributed by atoms with van der Waals surface area (Å²) in [5, 5.41) is 0.768. The van der Waals surface area contributed by atoms with Crippen LogP contribution in [0, 0.1) is 0 Å². The lowest BCUT2D eigenvalue weighted by Crippen LogP contribution is -2.05. The number of halogens is 4. The number of hydrogen-bond donors (Lipinski definition) is 0. The summed E-state index contributed by atoms with van der Waals surface area (Å²) in [6, 6.07) is 5.12. The lowest BCUT2D eigenvalue weighted by atomic mass is 10.1. The number of hydrogen-bond acceptors (Lipinski definition) is 2. The van der Waals surface area contributed by atoms with Gasteiger partial charge >= 0.3 is 6.18 Å². The van der Waals surface area contributed by atoms with Crippen LogP contribution in [0.25, 0.3) is 0 Å². The van der Waals surface area contributed by atoms with E-state index >= 15 is 0 Å². The van der Waals surface area contributed by atoms with Crippen LogP contribution in [-0.2, 0) is 6.18 Å². The van der Waals surface area contributed by atoms with E-state index in [-0.39, 0.29) is 6.04 Å². The Labute approximate surface area is 106 Å². The number of thioether (sulfide) groups is 1. The number of benzene rings is 1. The second-order valence-corrected chi connectivity index (χ2v) is 4.95. The van der Waals surface area contributed by atoms with Crippen molar-refractivity contribution in [2.75, 3.05) is 11.6 Å². The molecule has 0 N–H and O–H groups in total. The van der Waals surface area contributed by atoms with Crippen LogP contribution in [0.1, 0.15) is 11.1 Å². The van der Waals surface area contributed by atoms with Crippen LogP contribution >= 0.6 is 23.4 Å². The molecular weight excluding hydrogens is 271 g/mol. The van der Waals surface area contributed by atoms with E-state index < -0.39 is 11.7 Å². The third-order valence-electron chi connectivity index (χ3n) is 2.35. The fourth-order valence-corrected chi connectivity index (χ4v) is 2.83. The van der Waals surface area contributed by atoms with Crippen LogP contribution in [0.2, 0.25) is 0 Å². The maximum atomic E-state index is 12.4. The van der Waals surface area contributed by atoms with Gasteiger partial charge in [0.25, 0.3) is 0 Å². The molecule has 1 aromatic rings. The molecule has 0 bridgehead atoms. The van der Waals surface area contributed by atoms with Crippen LogP contribution in [0.3, 0.4) is 0 Å². The van der Waals surface area contributed by atoms with Gasteiger partial charge in [0.1, 0.15) is 0 Å². The average Bonchev–Trinajstić information content (AvgIpc) is 2.76. The minimum absolute atomic E-state index is 0.0685. The Bertz CT molecular complexity index is 427. The second-order valence-electron chi connectivity index (χ2n) is 3.63. The minimum Gasteiger partial charge on any atom is -0.272 e. The standard InChI is InChI=1S/C11H9ClF3NS/c12-5-9-6-17-10(16-9)7-1-3-8(4-2-7)11(13,14)15/h1-4,9H,5-6H2. The highest BCUT2D eigenvalue weighted by Crippen LogP contribution is 2.30. The first-order valence-corrected chi connectivity index (χ1v) is 6.47. The Morgan fingerprint density at radius 1 is 1.29 bits per heavy atom. The molecular formula is C11H9ClF3NS. The van der Waals surface area contributed by atoms with Crippen molar-refractivity contribution in [1.29, 1.82) is 0 Å². The molecule has 0 amide bonds. The maximum absolute atomic E-state index is 12.4. The monoisotopic (exact) mass is 279 g/mol. The van der Waals surface area contributed by atoms with Crippen LogP contribution in [0.5, 0.6) is 0 Å². The van der Waals surface area contributed by atoms with E-state index in [1.807, 2.05) is 0 Å². The topological polar surface area (TPSA) is 12.4 Å². The first-order valence-electron chi connectivity index (χ1n) is 4.95. The van der Waals surface area contributed by atoms with E-state index in [9.17, 15) is 13.2 Å². The Kier molecular flexibility index (Phi) is 3.68. The molecule has 0 saturated carbocycles. The molecule has 0 radical (unpaired) electrons. The summed E-state index contributed by atoms with van der Waals surface area (Å²) in [5.74, 6) is 1.23. The van der Waals surface area contributed by atoms with Crippen molar-refractivity contribution in [3.8, 4) is 0 Å². The van der Waals surface area contributed by atoms with E-state index in [4.69, 9.17) is 11.6 Å². The van der Waals surface area contributed by atoms with Crippen molar-refractivity contribution in [3.05, 3.63) is 35.4 Å². The van der Waals surface area contributed by atoms with Crippen LogP contribution in [-0.4, -0.2) is 22.7 Å². The molecule has 0 aromatic heterocycles. The van der Waals surface area contributed by atoms with E-state index in [2.05, 4.69) is 4.99 Å². The van der Waals surface area contributed by atoms with Gasteiger partial charge < -0.3 is 0 Å². The first-order chi connectivity index (χ1) is 8.00. The van der Waals surface area contributed by atoms with Gasteiger partial charge in [-0.05, 0) is 12.1 Å². The Morgan fingerprint density at radius 3 is 2.41 bits per heavy atom. The van der Waals surface area contributed by atoms with E-state index in [1.165, 1.54) is 23.9 Å². The van der Waals surface area contributed by atoms with Gasteiger partial charge in [-0.25, -0.2) is 0 Å². The quantitative estimate of drug-likeness (QED) is 0.750. The zero-order valence-electron chi connectivity index (χ0n) is 8.67. The smallest absolute Gasteiger partial charge is 0.272 e. The molecule has 2 rings (SSSR count). The van der Waals surface area contributed by atoms with Gasteiger partial charge in [0.05, 0.1) is 16.6 Å². The van der Waals surface area contributed by atoms with Crippen molar-refractivity contribution < 1.29 is 13.2 Å². The highest BCUT2D eigenvalue weighted by Gasteiger charge is 2.30. The van der Waals surface area contributed by atoms with Crippen LogP contribution in [0.4, 0.5) is 13.2 Å². The van der Waals surface area contributed by atoms with Crippen molar-refractivity contribution in [2.24, 2.45) is 4.99 Å². The van der Waals surface area contributed by atoms with Gasteiger partial charge in [-0.1, -0.05) is 12.1 Å². The molecule has 6 heteroatoms. The summed E-state index contributed by atoms with van der Waals surface area (Å²) in [7, 11) is 0. The van der Waals surface area contributed by atoms with Gasteiger partial charge in [-0.15, -0.1) is 23.4 Å². The number of rotatable bonds is 2. The number of nitrogens with zero attached hydrogens (tertiary/aromatic N) is 1. The maximum Gasteiger partial charge on any atom is 0.416 e. The summed E-state index contributed by atoms with van der Waals surface area (Å²) in [6.45, 7) is 0. The summed E-state index contributed by atoms with van der Waals surface area (Å²) in [5.41, 5.74) is 0.0781. The summed E-state index contributed by atoms with van der Waals surface area (Å²) >= 11 is 7.20. The van der Waals surface area contributed by atoms with Gasteiger partial charge in [0, 0.05) is 17.2 Å². The molecule has 1 aliphatic heterocycles. The molecule has 1 aromatic carbocycles. The lowest BCUT2D eigenvalue weighted by Gasteiger charge is -2.07. The van der Waals surface area contributed by atoms with Crippen LogP contribution < -0.4 is 0 Å². The number of aliphatic imine (C=N–C) groups is 1. The molecule has 1 heterocycles. The Balaban J connectivity index is 2.19. The van der Waals surface area contributed by atoms with Gasteiger partial charge in [-0.3, -0.25) is 4.99 Å². The Morgan fingerprint density at radius 2 is 1.94 bits per heavy atom. The molecule has 1 atom stereocenters. The van der Waals surface area contributed by atoms with Crippen molar-refractivity contribution in [2.45, 2.75) is 12.2 Å². The third kappa shape index (κ3) is 2.96. The highest BCUT2D eigenvalue weighted by molar-refractivity contribution is 8.14. The predicted octanol–water partition coefficient (Wildman–Crippen LogP) is 3.81. The van der Waals surface area contributed by atoms with Gasteiger partial charge in [-0.2, -0.15) is 13.2 Å². The van der Waals surface area contributed by atoms with Crippen molar-refractivity contribution in [3.63, 3.8) is 0 Å². The first kappa shape index (κ1) is 12.8. The predicted molar refractivity (Wildman–Crippen MR) is 64.9 cm³/mol. The van der Waals surface area contributed by atoms with Crippen molar-refractivity contribution in [1.82, 2.24) is 0 Å². The largest absolute Gasteiger partial charge is 0.416 e. The normalized spacial score (nSPS) is 20.5. The molecule has 92 valence electrons. The van der Waals surface area contributed by atoms with E-state index in [1.54, 1.807) is 0 Å². The fourth-order valence-electron chi connectivity index (χ4n) is 1.45. The van der Waals surface area contributed by atoms with E-state index in [0.717, 1.165) is 28.5 Å². The SMILES string of the molecule is FC(F)(F)c1ccc(C2=NC(CCl)CS2)cc1. The summed E-state index contributed by atoms with van der Waals surface area (Å²) in [6.07, 6.45) is -4.29. The average molecular weight is 280 g/mol. The van der Waals surface area contributed by atoms with Crippen molar-refractivity contribution >= 4 is 28.4 Å². The molecule has 17 heavy (non-hydrogen) atoms. The van der Waals surface area contributed by atoms with E-state index in [0.29, 0.717) is 5.88 Å². The molecule has 1 aliphatic rings. The van der Waals surface area contributed by atoms with Gasteiger partial charge in [0.15, 0.2) is 0 Å². The van der Waals surface area contributed by atoms with Crippen LogP contribution in [0.15, 0.2) is 29.3 Å². The lowest BCUT2D eigenvalue weighted by molar-refractivity contribution is -0.137. The zero-order chi connectivity index (χ0) is 12.5. The highest BCUT2D eigenvalue weighted by atomic mass is 35.5. The third-order valence-corrected chi connectivity index (χ3v) is 3.87. The minimum atomic E-state index is -4.29. The van der Waals surface area contributed by atoms with Gasteiger partial charge in [0.2, 0.25) is 0 Å². The second kappa shape index (κ2) is 4.90. The molecule has 0 fully saturated rings. The zero-order valence-corrected chi connectivity index (χ0v) is 10.2. The molecule has 0 saturated heterocycles. The molecule has 0 aliphatic carbocycles. The molecule has 0 spiro atoms. The molecule has 1 nitrogen and oxygen atoms in total. The Hall–Kier alpha value is -0.680. The summed E-state index contributed by atoms with van der Waals surface area (Å²) in [4.78, 5) is 4.34. The number of alkyl halides is 4. The fraction of sp³-hybridized carbons (Fsp3) is 0.364. The summed E-state index contributed by atoms with van der Waals surface area (Å²) < 4.78 is 37.1.